The topological polar surface area (TPSA) is 60.9 Å². The Hall–Kier alpha value is -3.28. The molecule has 0 unspecified atom stereocenters. The molecule has 2 aromatic heterocycles. The van der Waals surface area contributed by atoms with E-state index in [1.165, 1.54) is 5.56 Å². The summed E-state index contributed by atoms with van der Waals surface area (Å²) in [5, 5.41) is 11.8. The first-order valence-electron chi connectivity index (χ1n) is 7.28. The molecule has 0 amide bonds. The van der Waals surface area contributed by atoms with Gasteiger partial charge in [-0.1, -0.05) is 42.5 Å². The van der Waals surface area contributed by atoms with E-state index in [1.54, 1.807) is 23.5 Å². The number of rotatable bonds is 4. The third-order valence-electron chi connectivity index (χ3n) is 3.58. The summed E-state index contributed by atoms with van der Waals surface area (Å²) < 4.78 is 3.70. The highest BCUT2D eigenvalue weighted by Gasteiger charge is 2.09. The van der Waals surface area contributed by atoms with Crippen molar-refractivity contribution in [3.63, 3.8) is 0 Å². The van der Waals surface area contributed by atoms with E-state index < -0.39 is 0 Å². The Bertz CT molecular complexity index is 938. The zero-order valence-electron chi connectivity index (χ0n) is 12.3. The van der Waals surface area contributed by atoms with Gasteiger partial charge >= 0.3 is 0 Å². The van der Waals surface area contributed by atoms with Gasteiger partial charge in [0.1, 0.15) is 12.7 Å². The van der Waals surface area contributed by atoms with Gasteiger partial charge in [-0.05, 0) is 17.7 Å². The molecule has 0 saturated carbocycles. The molecule has 2 aromatic carbocycles. The van der Waals surface area contributed by atoms with Gasteiger partial charge < -0.3 is 4.57 Å². The summed E-state index contributed by atoms with van der Waals surface area (Å²) in [7, 11) is 0. The fourth-order valence-electron chi connectivity index (χ4n) is 2.50. The molecule has 0 aliphatic heterocycles. The number of para-hydroxylation sites is 2. The molecule has 0 fully saturated rings. The number of hydrogen-bond acceptors (Lipinski definition) is 4. The van der Waals surface area contributed by atoms with Crippen molar-refractivity contribution in [3.05, 3.63) is 78.6 Å². The van der Waals surface area contributed by atoms with Gasteiger partial charge in [0.15, 0.2) is 5.82 Å². The largest absolute Gasteiger partial charge is 0.319 e. The van der Waals surface area contributed by atoms with E-state index in [-0.39, 0.29) is 0 Å². The first-order valence-corrected chi connectivity index (χ1v) is 7.28. The number of hydrogen-bond donors (Lipinski definition) is 0. The van der Waals surface area contributed by atoms with E-state index in [9.17, 15) is 0 Å². The van der Waals surface area contributed by atoms with Crippen LogP contribution >= 0.6 is 0 Å². The summed E-state index contributed by atoms with van der Waals surface area (Å²) in [5.41, 5.74) is 3.25. The quantitative estimate of drug-likeness (QED) is 0.544. The molecule has 0 aliphatic carbocycles. The Labute approximate surface area is 132 Å². The maximum absolute atomic E-state index is 4.67. The summed E-state index contributed by atoms with van der Waals surface area (Å²) in [6.07, 6.45) is 4.81. The van der Waals surface area contributed by atoms with Crippen LogP contribution < -0.4 is 0 Å². The van der Waals surface area contributed by atoms with E-state index in [1.807, 2.05) is 36.4 Å². The summed E-state index contributed by atoms with van der Waals surface area (Å²) in [5.74, 6) is 0.795. The van der Waals surface area contributed by atoms with Crippen LogP contribution in [-0.2, 0) is 6.54 Å². The molecule has 6 heteroatoms. The lowest BCUT2D eigenvalue weighted by molar-refractivity contribution is 0.809. The van der Waals surface area contributed by atoms with E-state index in [2.05, 4.69) is 43.0 Å². The Balaban J connectivity index is 1.78. The lowest BCUT2D eigenvalue weighted by Gasteiger charge is -2.07. The molecule has 0 bridgehead atoms. The molecule has 0 spiro atoms. The average Bonchev–Trinajstić information content (AvgIpc) is 3.22. The smallest absolute Gasteiger partial charge is 0.154 e. The van der Waals surface area contributed by atoms with Crippen LogP contribution in [0.5, 0.6) is 0 Å². The lowest BCUT2D eigenvalue weighted by Crippen LogP contribution is -2.05. The predicted molar refractivity (Wildman–Crippen MR) is 88.3 cm³/mol. The van der Waals surface area contributed by atoms with Crippen molar-refractivity contribution in [3.8, 4) is 0 Å². The molecule has 0 radical (unpaired) electrons. The molecule has 6 nitrogen and oxygen atoms in total. The highest BCUT2D eigenvalue weighted by atomic mass is 15.4. The maximum Gasteiger partial charge on any atom is 0.154 e. The molecule has 23 heavy (non-hydrogen) atoms. The van der Waals surface area contributed by atoms with Crippen LogP contribution in [0.2, 0.25) is 0 Å². The fraction of sp³-hybridized carbons (Fsp3) is 0.0588. The number of benzene rings is 2. The van der Waals surface area contributed by atoms with Crippen molar-refractivity contribution in [1.82, 2.24) is 24.4 Å². The summed E-state index contributed by atoms with van der Waals surface area (Å²) in [6, 6.07) is 18.4. The van der Waals surface area contributed by atoms with Crippen molar-refractivity contribution in [2.24, 2.45) is 5.10 Å². The van der Waals surface area contributed by atoms with E-state index in [0.29, 0.717) is 0 Å². The number of nitrogens with zero attached hydrogens (tertiary/aromatic N) is 6. The van der Waals surface area contributed by atoms with E-state index in [0.717, 1.165) is 23.4 Å². The molecule has 4 aromatic rings. The van der Waals surface area contributed by atoms with Crippen LogP contribution in [0.15, 0.2) is 72.4 Å². The van der Waals surface area contributed by atoms with Crippen LogP contribution in [0.1, 0.15) is 11.4 Å². The highest BCUT2D eigenvalue weighted by molar-refractivity contribution is 5.85. The molecule has 2 heterocycles. The van der Waals surface area contributed by atoms with Crippen LogP contribution in [0.25, 0.3) is 11.0 Å². The highest BCUT2D eigenvalue weighted by Crippen LogP contribution is 2.17. The number of imidazole rings is 1. The van der Waals surface area contributed by atoms with Gasteiger partial charge in [-0.3, -0.25) is 0 Å². The minimum Gasteiger partial charge on any atom is -0.319 e. The normalized spacial score (nSPS) is 11.5. The number of aromatic nitrogens is 5. The van der Waals surface area contributed by atoms with Gasteiger partial charge in [0.25, 0.3) is 0 Å². The summed E-state index contributed by atoms with van der Waals surface area (Å²) in [6.45, 7) is 0.741. The fourth-order valence-corrected chi connectivity index (χ4v) is 2.50. The summed E-state index contributed by atoms with van der Waals surface area (Å²) in [4.78, 5) is 4.67. The zero-order valence-corrected chi connectivity index (χ0v) is 12.3. The second kappa shape index (κ2) is 5.84. The molecular weight excluding hydrogens is 288 g/mol. The molecule has 0 atom stereocenters. The molecule has 112 valence electrons. The van der Waals surface area contributed by atoms with Crippen molar-refractivity contribution in [2.75, 3.05) is 0 Å². The van der Waals surface area contributed by atoms with Crippen molar-refractivity contribution < 1.29 is 0 Å². The lowest BCUT2D eigenvalue weighted by atomic mass is 10.2. The van der Waals surface area contributed by atoms with Crippen molar-refractivity contribution in [1.29, 1.82) is 0 Å². The average molecular weight is 302 g/mol. The zero-order chi connectivity index (χ0) is 15.5. The van der Waals surface area contributed by atoms with Crippen LogP contribution in [-0.4, -0.2) is 30.6 Å². The second-order valence-corrected chi connectivity index (χ2v) is 5.12. The monoisotopic (exact) mass is 302 g/mol. The van der Waals surface area contributed by atoms with Gasteiger partial charge in [-0.25, -0.2) is 9.66 Å². The third kappa shape index (κ3) is 2.74. The third-order valence-corrected chi connectivity index (χ3v) is 3.58. The Morgan fingerprint density at radius 3 is 2.48 bits per heavy atom. The van der Waals surface area contributed by atoms with Crippen LogP contribution in [0, 0.1) is 0 Å². The standard InChI is InChI=1S/C17H14N6/c1-2-6-14(7-3-1)11-23-16-9-5-4-8-15(16)21-17(23)10-20-22-12-18-19-13-22/h1-10,12-13H,11H2/b20-10-. The molecule has 0 N–H and O–H groups in total. The first kappa shape index (κ1) is 13.4. The summed E-state index contributed by atoms with van der Waals surface area (Å²) >= 11 is 0. The van der Waals surface area contributed by atoms with E-state index >= 15 is 0 Å². The second-order valence-electron chi connectivity index (χ2n) is 5.12. The Kier molecular flexibility index (Phi) is 3.40. The van der Waals surface area contributed by atoms with Gasteiger partial charge in [0.05, 0.1) is 17.2 Å². The van der Waals surface area contributed by atoms with Crippen molar-refractivity contribution >= 4 is 17.2 Å². The number of fused-ring (bicyclic) bond motifs is 1. The van der Waals surface area contributed by atoms with Gasteiger partial charge in [0.2, 0.25) is 0 Å². The predicted octanol–water partition coefficient (Wildman–Crippen LogP) is 2.56. The SMILES string of the molecule is C(=N/n1cnnc1)/c1nc2ccccc2n1Cc1ccccc1. The first-order chi connectivity index (χ1) is 11.4. The molecule has 0 saturated heterocycles. The minimum atomic E-state index is 0.741. The minimum absolute atomic E-state index is 0.741. The van der Waals surface area contributed by atoms with Gasteiger partial charge in [-0.2, -0.15) is 5.10 Å². The van der Waals surface area contributed by atoms with Crippen molar-refractivity contribution in [2.45, 2.75) is 6.54 Å². The van der Waals surface area contributed by atoms with Gasteiger partial charge in [-0.15, -0.1) is 10.2 Å². The van der Waals surface area contributed by atoms with E-state index in [4.69, 9.17) is 0 Å². The van der Waals surface area contributed by atoms with Crippen LogP contribution in [0.4, 0.5) is 0 Å². The maximum atomic E-state index is 4.67. The Morgan fingerprint density at radius 2 is 1.65 bits per heavy atom. The molecule has 0 aliphatic rings. The molecule has 4 rings (SSSR count). The Morgan fingerprint density at radius 1 is 0.913 bits per heavy atom. The van der Waals surface area contributed by atoms with Gasteiger partial charge in [0, 0.05) is 6.54 Å². The molecular formula is C17H14N6. The van der Waals surface area contributed by atoms with Crippen LogP contribution in [0.3, 0.4) is 0 Å².